The number of aromatic nitrogens is 2. The van der Waals surface area contributed by atoms with Crippen LogP contribution >= 0.6 is 0 Å². The molecule has 0 bridgehead atoms. The van der Waals surface area contributed by atoms with Crippen molar-refractivity contribution in [1.29, 1.82) is 0 Å². The first-order chi connectivity index (χ1) is 9.12. The molecule has 104 valence electrons. The Balaban J connectivity index is 1.61. The van der Waals surface area contributed by atoms with Gasteiger partial charge in [0.2, 0.25) is 5.95 Å². The van der Waals surface area contributed by atoms with Gasteiger partial charge < -0.3 is 15.3 Å². The molecule has 3 rings (SSSR count). The van der Waals surface area contributed by atoms with Crippen molar-refractivity contribution in [2.24, 2.45) is 0 Å². The standard InChI is InChI=1S/C14H22N4O/c1-14(19)5-2-6-18(10-14)13-16-8-11(9-17-13)7-15-12-3-4-12/h8-9,12,15,19H,2-7,10H2,1H3. The summed E-state index contributed by atoms with van der Waals surface area (Å²) in [5.41, 5.74) is 0.507. The largest absolute Gasteiger partial charge is 0.388 e. The van der Waals surface area contributed by atoms with E-state index in [4.69, 9.17) is 0 Å². The summed E-state index contributed by atoms with van der Waals surface area (Å²) in [5, 5.41) is 13.6. The number of nitrogens with one attached hydrogen (secondary N) is 1. The zero-order valence-electron chi connectivity index (χ0n) is 11.5. The number of β-amino-alcohol motifs (C(OH)–C–C–N with tert-alkyl or cyclic N) is 1. The van der Waals surface area contributed by atoms with E-state index in [1.165, 1.54) is 12.8 Å². The number of aliphatic hydroxyl groups is 1. The fraction of sp³-hybridized carbons (Fsp3) is 0.714. The maximum atomic E-state index is 10.1. The van der Waals surface area contributed by atoms with Crippen LogP contribution in [0.5, 0.6) is 0 Å². The molecule has 1 aromatic rings. The molecule has 0 amide bonds. The lowest BCUT2D eigenvalue weighted by molar-refractivity contribution is 0.0444. The van der Waals surface area contributed by atoms with Gasteiger partial charge in [-0.25, -0.2) is 9.97 Å². The van der Waals surface area contributed by atoms with E-state index in [-0.39, 0.29) is 0 Å². The fourth-order valence-corrected chi connectivity index (χ4v) is 2.54. The fourth-order valence-electron chi connectivity index (χ4n) is 2.54. The van der Waals surface area contributed by atoms with E-state index >= 15 is 0 Å². The van der Waals surface area contributed by atoms with E-state index in [0.717, 1.165) is 37.4 Å². The Labute approximate surface area is 114 Å². The zero-order chi connectivity index (χ0) is 13.3. The van der Waals surface area contributed by atoms with Crippen LogP contribution in [0.4, 0.5) is 5.95 Å². The molecule has 1 saturated carbocycles. The molecule has 1 saturated heterocycles. The van der Waals surface area contributed by atoms with Crippen molar-refractivity contribution in [2.75, 3.05) is 18.0 Å². The minimum atomic E-state index is -0.617. The van der Waals surface area contributed by atoms with E-state index in [9.17, 15) is 5.11 Å². The monoisotopic (exact) mass is 262 g/mol. The van der Waals surface area contributed by atoms with Crippen molar-refractivity contribution in [3.8, 4) is 0 Å². The zero-order valence-corrected chi connectivity index (χ0v) is 11.5. The number of hydrogen-bond donors (Lipinski definition) is 2. The SMILES string of the molecule is CC1(O)CCCN(c2ncc(CNC3CC3)cn2)C1. The molecule has 1 aromatic heterocycles. The molecule has 2 fully saturated rings. The molecule has 19 heavy (non-hydrogen) atoms. The van der Waals surface area contributed by atoms with E-state index in [1.54, 1.807) is 0 Å². The smallest absolute Gasteiger partial charge is 0.225 e. The van der Waals surface area contributed by atoms with Crippen LogP contribution in [0.15, 0.2) is 12.4 Å². The molecule has 0 radical (unpaired) electrons. The Hall–Kier alpha value is -1.20. The maximum absolute atomic E-state index is 10.1. The molecule has 2 aliphatic rings. The molecule has 5 nitrogen and oxygen atoms in total. The first-order valence-electron chi connectivity index (χ1n) is 7.14. The molecular weight excluding hydrogens is 240 g/mol. The van der Waals surface area contributed by atoms with Gasteiger partial charge in [-0.1, -0.05) is 0 Å². The van der Waals surface area contributed by atoms with E-state index in [2.05, 4.69) is 20.2 Å². The molecule has 5 heteroatoms. The number of hydrogen-bond acceptors (Lipinski definition) is 5. The van der Waals surface area contributed by atoms with Crippen molar-refractivity contribution in [3.05, 3.63) is 18.0 Å². The number of rotatable bonds is 4. The van der Waals surface area contributed by atoms with Crippen LogP contribution in [0.3, 0.4) is 0 Å². The summed E-state index contributed by atoms with van der Waals surface area (Å²) in [7, 11) is 0. The highest BCUT2D eigenvalue weighted by molar-refractivity contribution is 5.31. The molecule has 2 N–H and O–H groups in total. The van der Waals surface area contributed by atoms with Crippen molar-refractivity contribution in [1.82, 2.24) is 15.3 Å². The molecule has 1 aliphatic carbocycles. The van der Waals surface area contributed by atoms with Crippen LogP contribution in [-0.2, 0) is 6.54 Å². The highest BCUT2D eigenvalue weighted by Gasteiger charge is 2.29. The van der Waals surface area contributed by atoms with Gasteiger partial charge in [-0.05, 0) is 32.6 Å². The molecular formula is C14H22N4O. The highest BCUT2D eigenvalue weighted by atomic mass is 16.3. The summed E-state index contributed by atoms with van der Waals surface area (Å²) >= 11 is 0. The van der Waals surface area contributed by atoms with Gasteiger partial charge in [0.05, 0.1) is 5.60 Å². The quantitative estimate of drug-likeness (QED) is 0.850. The van der Waals surface area contributed by atoms with Crippen molar-refractivity contribution in [2.45, 2.75) is 50.8 Å². The first-order valence-corrected chi connectivity index (χ1v) is 7.14. The van der Waals surface area contributed by atoms with Crippen LogP contribution in [0.1, 0.15) is 38.2 Å². The summed E-state index contributed by atoms with van der Waals surface area (Å²) in [6.07, 6.45) is 8.21. The topological polar surface area (TPSA) is 61.3 Å². The predicted octanol–water partition coefficient (Wildman–Crippen LogP) is 1.08. The third kappa shape index (κ3) is 3.42. The predicted molar refractivity (Wildman–Crippen MR) is 74.0 cm³/mol. The van der Waals surface area contributed by atoms with Crippen LogP contribution in [0.2, 0.25) is 0 Å². The Morgan fingerprint density at radius 2 is 2.16 bits per heavy atom. The van der Waals surface area contributed by atoms with Gasteiger partial charge >= 0.3 is 0 Å². The second-order valence-electron chi connectivity index (χ2n) is 6.07. The first kappa shape index (κ1) is 12.8. The summed E-state index contributed by atoms with van der Waals surface area (Å²) in [5.74, 6) is 0.732. The average molecular weight is 262 g/mol. The van der Waals surface area contributed by atoms with Crippen molar-refractivity contribution < 1.29 is 5.11 Å². The van der Waals surface area contributed by atoms with E-state index < -0.39 is 5.60 Å². The molecule has 0 aromatic carbocycles. The second kappa shape index (κ2) is 5.06. The highest BCUT2D eigenvalue weighted by Crippen LogP contribution is 2.23. The molecule has 1 unspecified atom stereocenters. The second-order valence-corrected chi connectivity index (χ2v) is 6.07. The van der Waals surface area contributed by atoms with E-state index in [0.29, 0.717) is 12.6 Å². The third-order valence-corrected chi connectivity index (χ3v) is 3.82. The lowest BCUT2D eigenvalue weighted by Gasteiger charge is -2.36. The Morgan fingerprint density at radius 1 is 1.42 bits per heavy atom. The molecule has 0 spiro atoms. The minimum absolute atomic E-state index is 0.617. The van der Waals surface area contributed by atoms with Crippen LogP contribution in [0.25, 0.3) is 0 Å². The average Bonchev–Trinajstić information content (AvgIpc) is 3.20. The Kier molecular flexibility index (Phi) is 3.41. The van der Waals surface area contributed by atoms with Gasteiger partial charge in [0, 0.05) is 43.6 Å². The molecule has 1 aliphatic heterocycles. The minimum Gasteiger partial charge on any atom is -0.388 e. The summed E-state index contributed by atoms with van der Waals surface area (Å²) in [6, 6.07) is 0.705. The number of anilines is 1. The molecule has 2 heterocycles. The van der Waals surface area contributed by atoms with Gasteiger partial charge in [-0.2, -0.15) is 0 Å². The van der Waals surface area contributed by atoms with Crippen molar-refractivity contribution >= 4 is 5.95 Å². The Bertz CT molecular complexity index is 428. The Morgan fingerprint density at radius 3 is 2.79 bits per heavy atom. The van der Waals surface area contributed by atoms with Gasteiger partial charge in [0.1, 0.15) is 0 Å². The van der Waals surface area contributed by atoms with Gasteiger partial charge in [0.25, 0.3) is 0 Å². The van der Waals surface area contributed by atoms with Crippen LogP contribution < -0.4 is 10.2 Å². The summed E-state index contributed by atoms with van der Waals surface area (Å²) < 4.78 is 0. The number of nitrogens with zero attached hydrogens (tertiary/aromatic N) is 3. The van der Waals surface area contributed by atoms with Gasteiger partial charge in [-0.15, -0.1) is 0 Å². The van der Waals surface area contributed by atoms with E-state index in [1.807, 2.05) is 19.3 Å². The number of piperidine rings is 1. The van der Waals surface area contributed by atoms with Crippen LogP contribution in [-0.4, -0.2) is 39.8 Å². The van der Waals surface area contributed by atoms with Crippen molar-refractivity contribution in [3.63, 3.8) is 0 Å². The lowest BCUT2D eigenvalue weighted by atomic mass is 9.95. The summed E-state index contributed by atoms with van der Waals surface area (Å²) in [6.45, 7) is 4.28. The lowest BCUT2D eigenvalue weighted by Crippen LogP contribution is -2.46. The van der Waals surface area contributed by atoms with Gasteiger partial charge in [0.15, 0.2) is 0 Å². The molecule has 1 atom stereocenters. The summed E-state index contributed by atoms with van der Waals surface area (Å²) in [4.78, 5) is 10.9. The van der Waals surface area contributed by atoms with Crippen LogP contribution in [0, 0.1) is 0 Å². The third-order valence-electron chi connectivity index (χ3n) is 3.82. The maximum Gasteiger partial charge on any atom is 0.225 e. The van der Waals surface area contributed by atoms with Gasteiger partial charge in [-0.3, -0.25) is 0 Å². The normalized spacial score (nSPS) is 27.6.